The average Bonchev–Trinajstić information content (AvgIpc) is 2.64. The monoisotopic (exact) mass is 450 g/mol. The van der Waals surface area contributed by atoms with Crippen LogP contribution in [0.3, 0.4) is 0 Å². The first kappa shape index (κ1) is 31.5. The molecule has 0 heterocycles. The van der Waals surface area contributed by atoms with Gasteiger partial charge < -0.3 is 30.6 Å². The van der Waals surface area contributed by atoms with Gasteiger partial charge in [-0.3, -0.25) is 9.59 Å². The summed E-state index contributed by atoms with van der Waals surface area (Å²) in [5.41, 5.74) is -2.74. The highest BCUT2D eigenvalue weighted by Gasteiger charge is 2.40. The number of carboxylic acid groups (broad SMARTS) is 3. The molecule has 184 valence electrons. The number of rotatable bonds is 19. The molecule has 6 N–H and O–H groups in total. The van der Waals surface area contributed by atoms with Gasteiger partial charge >= 0.3 is 17.9 Å². The molecule has 31 heavy (non-hydrogen) atoms. The Morgan fingerprint density at radius 2 is 0.968 bits per heavy atom. The van der Waals surface area contributed by atoms with Crippen molar-refractivity contribution in [3.8, 4) is 0 Å². The van der Waals surface area contributed by atoms with E-state index >= 15 is 0 Å². The predicted octanol–water partition coefficient (Wildman–Crippen LogP) is 3.53. The van der Waals surface area contributed by atoms with Crippen LogP contribution in [0.25, 0.3) is 0 Å². The molecule has 0 rings (SSSR count). The Hall–Kier alpha value is -1.71. The van der Waals surface area contributed by atoms with Crippen LogP contribution in [-0.2, 0) is 14.4 Å². The number of unbranched alkanes of at least 4 members (excludes halogenated alkanes) is 12. The molecule has 0 saturated heterocycles. The van der Waals surface area contributed by atoms with Crippen LogP contribution in [0.1, 0.15) is 110 Å². The molecule has 0 radical (unpaired) electrons. The van der Waals surface area contributed by atoms with E-state index in [4.69, 9.17) is 30.6 Å². The standard InChI is InChI=1S/C16H34O2.C6H8O7/c1-2-3-4-5-6-7-8-9-10-11-12-13-14-15-16(17)18;7-3(8)1-6(13,5(11)12)2-4(9)10/h16-18H,2-15H2,1H3;13H,1-2H2,(H,7,8)(H,9,10)(H,11,12). The summed E-state index contributed by atoms with van der Waals surface area (Å²) in [6, 6.07) is 0. The molecular formula is C22H42O9. The summed E-state index contributed by atoms with van der Waals surface area (Å²) in [4.78, 5) is 30.5. The summed E-state index contributed by atoms with van der Waals surface area (Å²) in [6.45, 7) is 2.27. The highest BCUT2D eigenvalue weighted by atomic mass is 16.5. The fourth-order valence-electron chi connectivity index (χ4n) is 3.06. The van der Waals surface area contributed by atoms with Gasteiger partial charge in [-0.1, -0.05) is 84.0 Å². The van der Waals surface area contributed by atoms with Crippen LogP contribution in [0.15, 0.2) is 0 Å². The van der Waals surface area contributed by atoms with E-state index in [1.807, 2.05) is 0 Å². The maximum atomic E-state index is 10.3. The van der Waals surface area contributed by atoms with Crippen molar-refractivity contribution < 1.29 is 45.0 Å². The van der Waals surface area contributed by atoms with Crippen molar-refractivity contribution in [3.63, 3.8) is 0 Å². The summed E-state index contributed by atoms with van der Waals surface area (Å²) < 4.78 is 0. The maximum Gasteiger partial charge on any atom is 0.336 e. The fourth-order valence-corrected chi connectivity index (χ4v) is 3.06. The van der Waals surface area contributed by atoms with Crippen LogP contribution in [0, 0.1) is 0 Å². The summed E-state index contributed by atoms with van der Waals surface area (Å²) in [5, 5.41) is 51.2. The molecular weight excluding hydrogens is 408 g/mol. The minimum atomic E-state index is -2.74. The Balaban J connectivity index is 0. The van der Waals surface area contributed by atoms with E-state index in [2.05, 4.69) is 6.92 Å². The van der Waals surface area contributed by atoms with E-state index in [9.17, 15) is 14.4 Å². The van der Waals surface area contributed by atoms with Gasteiger partial charge in [0.25, 0.3) is 0 Å². The van der Waals surface area contributed by atoms with Crippen LogP contribution in [-0.4, -0.2) is 60.4 Å². The first-order valence-corrected chi connectivity index (χ1v) is 11.3. The molecule has 9 heteroatoms. The number of hydrogen-bond donors (Lipinski definition) is 6. The van der Waals surface area contributed by atoms with Gasteiger partial charge in [-0.25, -0.2) is 4.79 Å². The largest absolute Gasteiger partial charge is 0.481 e. The van der Waals surface area contributed by atoms with Gasteiger partial charge in [-0.05, 0) is 12.8 Å². The van der Waals surface area contributed by atoms with Crippen LogP contribution >= 0.6 is 0 Å². The van der Waals surface area contributed by atoms with Gasteiger partial charge in [0, 0.05) is 0 Å². The molecule has 0 aliphatic heterocycles. The Bertz CT molecular complexity index is 462. The number of aliphatic carboxylic acids is 3. The third kappa shape index (κ3) is 22.8. The molecule has 0 aromatic carbocycles. The van der Waals surface area contributed by atoms with Crippen molar-refractivity contribution in [2.75, 3.05) is 0 Å². The molecule has 0 spiro atoms. The second-order valence-corrected chi connectivity index (χ2v) is 7.99. The Morgan fingerprint density at radius 3 is 1.23 bits per heavy atom. The zero-order valence-corrected chi connectivity index (χ0v) is 18.8. The van der Waals surface area contributed by atoms with Crippen molar-refractivity contribution >= 4 is 17.9 Å². The highest BCUT2D eigenvalue weighted by molar-refractivity contribution is 5.88. The molecule has 0 fully saturated rings. The van der Waals surface area contributed by atoms with Crippen LogP contribution in [0.5, 0.6) is 0 Å². The molecule has 0 bridgehead atoms. The third-order valence-corrected chi connectivity index (χ3v) is 4.85. The van der Waals surface area contributed by atoms with Crippen molar-refractivity contribution in [2.45, 2.75) is 122 Å². The number of aliphatic hydroxyl groups excluding tert-OH is 1. The van der Waals surface area contributed by atoms with E-state index in [-0.39, 0.29) is 0 Å². The van der Waals surface area contributed by atoms with Gasteiger partial charge in [-0.2, -0.15) is 0 Å². The first-order valence-electron chi connectivity index (χ1n) is 11.3. The highest BCUT2D eigenvalue weighted by Crippen LogP contribution is 2.16. The predicted molar refractivity (Wildman–Crippen MR) is 116 cm³/mol. The quantitative estimate of drug-likeness (QED) is 0.127. The first-order chi connectivity index (χ1) is 14.5. The van der Waals surface area contributed by atoms with Crippen LogP contribution < -0.4 is 0 Å². The number of carbonyl (C=O) groups is 3. The van der Waals surface area contributed by atoms with Gasteiger partial charge in [-0.15, -0.1) is 0 Å². The summed E-state index contributed by atoms with van der Waals surface area (Å²) in [5.74, 6) is -5.02. The summed E-state index contributed by atoms with van der Waals surface area (Å²) in [6.07, 6.45) is 14.4. The normalized spacial score (nSPS) is 11.1. The lowest BCUT2D eigenvalue weighted by molar-refractivity contribution is -0.170. The third-order valence-electron chi connectivity index (χ3n) is 4.85. The number of aliphatic hydroxyl groups is 3. The molecule has 0 unspecified atom stereocenters. The summed E-state index contributed by atoms with van der Waals surface area (Å²) in [7, 11) is 0. The zero-order chi connectivity index (χ0) is 24.1. The Labute approximate surface area is 185 Å². The lowest BCUT2D eigenvalue weighted by atomic mass is 9.96. The van der Waals surface area contributed by atoms with Crippen LogP contribution in [0.4, 0.5) is 0 Å². The second-order valence-electron chi connectivity index (χ2n) is 7.99. The second kappa shape index (κ2) is 20.2. The van der Waals surface area contributed by atoms with Gasteiger partial charge in [0.2, 0.25) is 0 Å². The molecule has 0 aromatic rings. The van der Waals surface area contributed by atoms with Crippen molar-refractivity contribution in [1.29, 1.82) is 0 Å². The molecule has 0 aromatic heterocycles. The number of hydrogen-bond acceptors (Lipinski definition) is 6. The Kier molecular flexibility index (Phi) is 20.5. The Morgan fingerprint density at radius 1 is 0.645 bits per heavy atom. The van der Waals surface area contributed by atoms with Crippen molar-refractivity contribution in [2.24, 2.45) is 0 Å². The van der Waals surface area contributed by atoms with Crippen molar-refractivity contribution in [1.82, 2.24) is 0 Å². The van der Waals surface area contributed by atoms with E-state index in [0.717, 1.165) is 12.8 Å². The maximum absolute atomic E-state index is 10.3. The molecule has 0 amide bonds. The van der Waals surface area contributed by atoms with Gasteiger partial charge in [0.15, 0.2) is 11.9 Å². The smallest absolute Gasteiger partial charge is 0.336 e. The van der Waals surface area contributed by atoms with E-state index in [1.165, 1.54) is 70.6 Å². The lowest BCUT2D eigenvalue weighted by Gasteiger charge is -2.18. The zero-order valence-electron chi connectivity index (χ0n) is 18.8. The average molecular weight is 451 g/mol. The minimum absolute atomic E-state index is 0.539. The van der Waals surface area contributed by atoms with Crippen molar-refractivity contribution in [3.05, 3.63) is 0 Å². The van der Waals surface area contributed by atoms with E-state index < -0.39 is 42.6 Å². The topological polar surface area (TPSA) is 173 Å². The fraction of sp³-hybridized carbons (Fsp3) is 0.864. The van der Waals surface area contributed by atoms with Crippen LogP contribution in [0.2, 0.25) is 0 Å². The molecule has 0 aliphatic rings. The number of carboxylic acids is 3. The molecule has 9 nitrogen and oxygen atoms in total. The van der Waals surface area contributed by atoms with Gasteiger partial charge in [0.05, 0.1) is 12.8 Å². The molecule has 0 saturated carbocycles. The lowest BCUT2D eigenvalue weighted by Crippen LogP contribution is -2.42. The van der Waals surface area contributed by atoms with Gasteiger partial charge in [0.1, 0.15) is 0 Å². The molecule has 0 atom stereocenters. The van der Waals surface area contributed by atoms with E-state index in [0.29, 0.717) is 6.42 Å². The van der Waals surface area contributed by atoms with E-state index in [1.54, 1.807) is 0 Å². The SMILES string of the molecule is CCCCCCCCCCCCCCCC(O)O.O=C(O)CC(O)(CC(=O)O)C(=O)O. The summed E-state index contributed by atoms with van der Waals surface area (Å²) >= 11 is 0. The minimum Gasteiger partial charge on any atom is -0.481 e. The molecule has 0 aliphatic carbocycles.